The average molecular weight is 256 g/mol. The lowest BCUT2D eigenvalue weighted by Crippen LogP contribution is -2.38. The molecule has 0 heterocycles. The molecule has 0 aromatic heterocycles. The minimum Gasteiger partial charge on any atom is -0.466 e. The van der Waals surface area contributed by atoms with Crippen molar-refractivity contribution in [1.29, 1.82) is 0 Å². The van der Waals surface area contributed by atoms with Crippen LogP contribution in [0.2, 0.25) is 0 Å². The number of hydrogen-bond donors (Lipinski definition) is 1. The van der Waals surface area contributed by atoms with Crippen molar-refractivity contribution in [3.8, 4) is 0 Å². The standard InChI is InChI=1S/C16H16O3/c1-12-8-10-14(11-9-12)16(18,15(17)19-2)13-6-4-3-5-7-13/h3-11,18H,1-2H3/t16-/m0/s1. The summed E-state index contributed by atoms with van der Waals surface area (Å²) in [6, 6.07) is 16.0. The highest BCUT2D eigenvalue weighted by molar-refractivity contribution is 5.85. The van der Waals surface area contributed by atoms with Crippen LogP contribution >= 0.6 is 0 Å². The number of carbonyl (C=O) groups is 1. The molecule has 2 aromatic rings. The predicted molar refractivity (Wildman–Crippen MR) is 72.6 cm³/mol. The second-order valence-electron chi connectivity index (χ2n) is 4.43. The molecule has 3 nitrogen and oxygen atoms in total. The van der Waals surface area contributed by atoms with E-state index in [4.69, 9.17) is 4.74 Å². The Balaban J connectivity index is 2.58. The quantitative estimate of drug-likeness (QED) is 0.858. The van der Waals surface area contributed by atoms with E-state index in [0.717, 1.165) is 5.56 Å². The molecule has 0 saturated carbocycles. The van der Waals surface area contributed by atoms with Gasteiger partial charge in [-0.3, -0.25) is 0 Å². The van der Waals surface area contributed by atoms with Gasteiger partial charge in [-0.15, -0.1) is 0 Å². The predicted octanol–water partition coefficient (Wildman–Crippen LogP) is 2.40. The maximum atomic E-state index is 12.0. The monoisotopic (exact) mass is 256 g/mol. The number of methoxy groups -OCH3 is 1. The summed E-state index contributed by atoms with van der Waals surface area (Å²) in [5, 5.41) is 10.8. The normalized spacial score (nSPS) is 13.6. The molecule has 0 aliphatic heterocycles. The van der Waals surface area contributed by atoms with Crippen molar-refractivity contribution >= 4 is 5.97 Å². The number of aryl methyl sites for hydroxylation is 1. The highest BCUT2D eigenvalue weighted by Crippen LogP contribution is 2.31. The van der Waals surface area contributed by atoms with Gasteiger partial charge in [0.15, 0.2) is 0 Å². The van der Waals surface area contributed by atoms with Crippen LogP contribution in [0.5, 0.6) is 0 Å². The Hall–Kier alpha value is -2.13. The summed E-state index contributed by atoms with van der Waals surface area (Å²) in [5.74, 6) is -0.692. The smallest absolute Gasteiger partial charge is 0.347 e. The van der Waals surface area contributed by atoms with Gasteiger partial charge in [0, 0.05) is 0 Å². The number of rotatable bonds is 3. The topological polar surface area (TPSA) is 46.5 Å². The van der Waals surface area contributed by atoms with Crippen LogP contribution < -0.4 is 0 Å². The number of benzene rings is 2. The van der Waals surface area contributed by atoms with E-state index in [2.05, 4.69) is 0 Å². The van der Waals surface area contributed by atoms with Crippen LogP contribution in [-0.4, -0.2) is 18.2 Å². The maximum absolute atomic E-state index is 12.0. The Morgan fingerprint density at radius 2 is 1.53 bits per heavy atom. The van der Waals surface area contributed by atoms with Crippen LogP contribution in [0, 0.1) is 6.92 Å². The largest absolute Gasteiger partial charge is 0.466 e. The third-order valence-electron chi connectivity index (χ3n) is 3.14. The molecule has 0 fully saturated rings. The lowest BCUT2D eigenvalue weighted by Gasteiger charge is -2.26. The SMILES string of the molecule is COC(=O)[C@](O)(c1ccccc1)c1ccc(C)cc1. The Labute approximate surface area is 112 Å². The van der Waals surface area contributed by atoms with Gasteiger partial charge in [-0.2, -0.15) is 0 Å². The minimum absolute atomic E-state index is 0.491. The van der Waals surface area contributed by atoms with Gasteiger partial charge >= 0.3 is 5.97 Å². The third kappa shape index (κ3) is 2.37. The minimum atomic E-state index is -1.77. The number of carbonyl (C=O) groups excluding carboxylic acids is 1. The van der Waals surface area contributed by atoms with Crippen LogP contribution in [0.25, 0.3) is 0 Å². The first-order valence-corrected chi connectivity index (χ1v) is 6.02. The van der Waals surface area contributed by atoms with Gasteiger partial charge in [0.25, 0.3) is 0 Å². The fourth-order valence-corrected chi connectivity index (χ4v) is 2.02. The highest BCUT2D eigenvalue weighted by atomic mass is 16.5. The third-order valence-corrected chi connectivity index (χ3v) is 3.14. The van der Waals surface area contributed by atoms with Crippen molar-refractivity contribution in [1.82, 2.24) is 0 Å². The van der Waals surface area contributed by atoms with E-state index in [1.807, 2.05) is 25.1 Å². The fourth-order valence-electron chi connectivity index (χ4n) is 2.02. The Morgan fingerprint density at radius 3 is 2.05 bits per heavy atom. The lowest BCUT2D eigenvalue weighted by molar-refractivity contribution is -0.158. The molecule has 98 valence electrons. The van der Waals surface area contributed by atoms with Gasteiger partial charge in [0.2, 0.25) is 5.60 Å². The molecule has 0 radical (unpaired) electrons. The summed E-state index contributed by atoms with van der Waals surface area (Å²) in [6.07, 6.45) is 0. The second-order valence-corrected chi connectivity index (χ2v) is 4.43. The molecule has 1 N–H and O–H groups in total. The molecule has 2 rings (SSSR count). The molecule has 2 aromatic carbocycles. The second kappa shape index (κ2) is 5.24. The number of esters is 1. The zero-order valence-electron chi connectivity index (χ0n) is 11.0. The fraction of sp³-hybridized carbons (Fsp3) is 0.188. The van der Waals surface area contributed by atoms with Gasteiger partial charge in [0.05, 0.1) is 7.11 Å². The molecule has 3 heteroatoms. The van der Waals surface area contributed by atoms with E-state index >= 15 is 0 Å². The molecule has 1 atom stereocenters. The van der Waals surface area contributed by atoms with E-state index in [1.54, 1.807) is 36.4 Å². The molecular formula is C16H16O3. The van der Waals surface area contributed by atoms with Crippen molar-refractivity contribution < 1.29 is 14.6 Å². The molecule has 0 unspecified atom stereocenters. The maximum Gasteiger partial charge on any atom is 0.347 e. The molecule has 0 saturated heterocycles. The van der Waals surface area contributed by atoms with Crippen molar-refractivity contribution in [2.45, 2.75) is 12.5 Å². The molecule has 0 aliphatic rings. The lowest BCUT2D eigenvalue weighted by atomic mass is 9.86. The van der Waals surface area contributed by atoms with Gasteiger partial charge in [0.1, 0.15) is 0 Å². The Morgan fingerprint density at radius 1 is 1.00 bits per heavy atom. The molecule has 19 heavy (non-hydrogen) atoms. The summed E-state index contributed by atoms with van der Waals surface area (Å²) >= 11 is 0. The first-order valence-electron chi connectivity index (χ1n) is 6.02. The van der Waals surface area contributed by atoms with E-state index in [9.17, 15) is 9.90 Å². The van der Waals surface area contributed by atoms with Gasteiger partial charge in [-0.1, -0.05) is 60.2 Å². The Kier molecular flexibility index (Phi) is 3.67. The summed E-state index contributed by atoms with van der Waals surface area (Å²) in [5.41, 5.74) is 0.273. The molecule has 0 aliphatic carbocycles. The van der Waals surface area contributed by atoms with E-state index in [-0.39, 0.29) is 0 Å². The molecule has 0 spiro atoms. The van der Waals surface area contributed by atoms with E-state index in [1.165, 1.54) is 7.11 Å². The first kappa shape index (κ1) is 13.3. The summed E-state index contributed by atoms with van der Waals surface area (Å²) < 4.78 is 4.77. The van der Waals surface area contributed by atoms with Crippen LogP contribution in [0.3, 0.4) is 0 Å². The van der Waals surface area contributed by atoms with Crippen molar-refractivity contribution in [2.24, 2.45) is 0 Å². The highest BCUT2D eigenvalue weighted by Gasteiger charge is 2.41. The number of ether oxygens (including phenoxy) is 1. The van der Waals surface area contributed by atoms with Crippen molar-refractivity contribution in [3.63, 3.8) is 0 Å². The van der Waals surface area contributed by atoms with Crippen LogP contribution in [0.15, 0.2) is 54.6 Å². The zero-order chi connectivity index (χ0) is 13.9. The van der Waals surface area contributed by atoms with Gasteiger partial charge in [-0.25, -0.2) is 4.79 Å². The number of aliphatic hydroxyl groups is 1. The summed E-state index contributed by atoms with van der Waals surface area (Å²) in [4.78, 5) is 12.0. The van der Waals surface area contributed by atoms with Crippen LogP contribution in [0.4, 0.5) is 0 Å². The van der Waals surface area contributed by atoms with Crippen LogP contribution in [-0.2, 0) is 15.1 Å². The molecular weight excluding hydrogens is 240 g/mol. The van der Waals surface area contributed by atoms with Gasteiger partial charge < -0.3 is 9.84 Å². The molecule has 0 bridgehead atoms. The van der Waals surface area contributed by atoms with E-state index < -0.39 is 11.6 Å². The number of hydrogen-bond acceptors (Lipinski definition) is 3. The molecule has 0 amide bonds. The van der Waals surface area contributed by atoms with Crippen molar-refractivity contribution in [3.05, 3.63) is 71.3 Å². The van der Waals surface area contributed by atoms with Gasteiger partial charge in [-0.05, 0) is 18.1 Å². The Bertz CT molecular complexity index is 560. The average Bonchev–Trinajstić information content (AvgIpc) is 2.47. The zero-order valence-corrected chi connectivity index (χ0v) is 11.0. The van der Waals surface area contributed by atoms with Crippen LogP contribution in [0.1, 0.15) is 16.7 Å². The van der Waals surface area contributed by atoms with Crippen molar-refractivity contribution in [2.75, 3.05) is 7.11 Å². The summed E-state index contributed by atoms with van der Waals surface area (Å²) in [6.45, 7) is 1.95. The first-order chi connectivity index (χ1) is 9.09. The summed E-state index contributed by atoms with van der Waals surface area (Å²) in [7, 11) is 1.27. The van der Waals surface area contributed by atoms with E-state index in [0.29, 0.717) is 11.1 Å².